The molecule has 3 heteroatoms. The van der Waals surface area contributed by atoms with E-state index in [1.54, 1.807) is 0 Å². The maximum Gasteiger partial charge on any atom is 0.0110 e. The van der Waals surface area contributed by atoms with E-state index in [1.165, 1.54) is 44.4 Å². The maximum absolute atomic E-state index is 3.72. The Kier molecular flexibility index (Phi) is 4.35. The van der Waals surface area contributed by atoms with Crippen LogP contribution < -0.4 is 5.32 Å². The zero-order valence-corrected chi connectivity index (χ0v) is 10.9. The lowest BCUT2D eigenvalue weighted by Crippen LogP contribution is -2.54. The summed E-state index contributed by atoms with van der Waals surface area (Å²) in [5.41, 5.74) is 0. The van der Waals surface area contributed by atoms with E-state index < -0.39 is 0 Å². The third-order valence-electron chi connectivity index (χ3n) is 4.08. The number of hydrogen-bond acceptors (Lipinski definition) is 3. The molecule has 2 aliphatic rings. The molecule has 1 N–H and O–H groups in total. The van der Waals surface area contributed by atoms with Crippen molar-refractivity contribution in [2.45, 2.75) is 50.2 Å². The van der Waals surface area contributed by atoms with Gasteiger partial charge in [-0.3, -0.25) is 0 Å². The van der Waals surface area contributed by atoms with Gasteiger partial charge in [0.05, 0.1) is 0 Å². The molecular formula is C12H24N2S. The molecule has 15 heavy (non-hydrogen) atoms. The lowest BCUT2D eigenvalue weighted by molar-refractivity contribution is 0.0491. The summed E-state index contributed by atoms with van der Waals surface area (Å²) in [7, 11) is 2.33. The highest BCUT2D eigenvalue weighted by Gasteiger charge is 2.35. The Balaban J connectivity index is 1.79. The second kappa shape index (κ2) is 5.55. The zero-order chi connectivity index (χ0) is 10.7. The second-order valence-electron chi connectivity index (χ2n) is 5.02. The first kappa shape index (κ1) is 11.7. The van der Waals surface area contributed by atoms with Gasteiger partial charge in [0.1, 0.15) is 0 Å². The molecule has 0 aromatic heterocycles. The highest BCUT2D eigenvalue weighted by atomic mass is 32.2. The van der Waals surface area contributed by atoms with E-state index in [2.05, 4.69) is 23.5 Å². The SMILES string of the molecule is CSCCNC1CC2CCCC(C1)N2C. The van der Waals surface area contributed by atoms with Crippen LogP contribution in [0.5, 0.6) is 0 Å². The number of rotatable bonds is 4. The molecule has 0 aromatic carbocycles. The Morgan fingerprint density at radius 3 is 2.53 bits per heavy atom. The van der Waals surface area contributed by atoms with Crippen molar-refractivity contribution >= 4 is 11.8 Å². The molecule has 2 heterocycles. The van der Waals surface area contributed by atoms with Crippen molar-refractivity contribution in [3.63, 3.8) is 0 Å². The first-order valence-electron chi connectivity index (χ1n) is 6.25. The van der Waals surface area contributed by atoms with E-state index in [4.69, 9.17) is 0 Å². The molecule has 2 fully saturated rings. The van der Waals surface area contributed by atoms with Crippen molar-refractivity contribution in [3.05, 3.63) is 0 Å². The zero-order valence-electron chi connectivity index (χ0n) is 10.0. The molecule has 2 rings (SSSR count). The average Bonchev–Trinajstić information content (AvgIpc) is 2.19. The topological polar surface area (TPSA) is 15.3 Å². The number of hydrogen-bond donors (Lipinski definition) is 1. The summed E-state index contributed by atoms with van der Waals surface area (Å²) in [5.74, 6) is 1.25. The van der Waals surface area contributed by atoms with Crippen LogP contribution in [0.3, 0.4) is 0 Å². The van der Waals surface area contributed by atoms with Crippen LogP contribution in [0, 0.1) is 0 Å². The summed E-state index contributed by atoms with van der Waals surface area (Å²) in [6.45, 7) is 1.19. The summed E-state index contributed by atoms with van der Waals surface area (Å²) in [6.07, 6.45) is 9.24. The number of thioether (sulfide) groups is 1. The van der Waals surface area contributed by atoms with Gasteiger partial charge >= 0.3 is 0 Å². The van der Waals surface area contributed by atoms with Gasteiger partial charge in [-0.1, -0.05) is 6.42 Å². The first-order chi connectivity index (χ1) is 7.31. The van der Waals surface area contributed by atoms with Gasteiger partial charge in [-0.25, -0.2) is 0 Å². The van der Waals surface area contributed by atoms with Gasteiger partial charge in [0.2, 0.25) is 0 Å². The molecule has 0 aliphatic carbocycles. The standard InChI is InChI=1S/C12H24N2S/c1-14-11-4-3-5-12(14)9-10(8-11)13-6-7-15-2/h10-13H,3-9H2,1-2H3. The number of nitrogens with one attached hydrogen (secondary N) is 1. The third-order valence-corrected chi connectivity index (χ3v) is 4.69. The Labute approximate surface area is 98.2 Å². The van der Waals surface area contributed by atoms with Gasteiger partial charge in [0.25, 0.3) is 0 Å². The molecule has 2 aliphatic heterocycles. The fourth-order valence-corrected chi connectivity index (χ4v) is 3.47. The molecule has 0 aromatic rings. The highest BCUT2D eigenvalue weighted by Crippen LogP contribution is 2.32. The van der Waals surface area contributed by atoms with Gasteiger partial charge in [-0.2, -0.15) is 11.8 Å². The molecule has 0 saturated carbocycles. The Hall–Kier alpha value is 0.270. The minimum absolute atomic E-state index is 0.795. The largest absolute Gasteiger partial charge is 0.313 e. The number of piperidine rings is 2. The number of nitrogens with zero attached hydrogens (tertiary/aromatic N) is 1. The molecule has 2 unspecified atom stereocenters. The van der Waals surface area contributed by atoms with Crippen molar-refractivity contribution in [1.29, 1.82) is 0 Å². The minimum atomic E-state index is 0.795. The second-order valence-corrected chi connectivity index (χ2v) is 6.00. The molecule has 2 atom stereocenters. The quantitative estimate of drug-likeness (QED) is 0.741. The fraction of sp³-hybridized carbons (Fsp3) is 1.00. The van der Waals surface area contributed by atoms with Crippen molar-refractivity contribution in [1.82, 2.24) is 10.2 Å². The third kappa shape index (κ3) is 2.89. The smallest absolute Gasteiger partial charge is 0.0110 e. The van der Waals surface area contributed by atoms with E-state index in [-0.39, 0.29) is 0 Å². The van der Waals surface area contributed by atoms with E-state index in [1.807, 2.05) is 11.8 Å². The lowest BCUT2D eigenvalue weighted by Gasteiger charge is -2.47. The molecule has 0 amide bonds. The monoisotopic (exact) mass is 228 g/mol. The van der Waals surface area contributed by atoms with Gasteiger partial charge < -0.3 is 10.2 Å². The predicted octanol–water partition coefficient (Wildman–Crippen LogP) is 1.95. The van der Waals surface area contributed by atoms with Crippen molar-refractivity contribution in [2.75, 3.05) is 25.6 Å². The van der Waals surface area contributed by atoms with E-state index in [0.717, 1.165) is 18.1 Å². The van der Waals surface area contributed by atoms with Gasteiger partial charge in [-0.15, -0.1) is 0 Å². The van der Waals surface area contributed by atoms with Gasteiger partial charge in [0, 0.05) is 30.4 Å². The summed E-state index contributed by atoms with van der Waals surface area (Å²) in [4.78, 5) is 2.64. The summed E-state index contributed by atoms with van der Waals surface area (Å²) in [5, 5.41) is 3.72. The van der Waals surface area contributed by atoms with Gasteiger partial charge in [0.15, 0.2) is 0 Å². The Morgan fingerprint density at radius 2 is 1.93 bits per heavy atom. The predicted molar refractivity (Wildman–Crippen MR) is 68.6 cm³/mol. The van der Waals surface area contributed by atoms with E-state index in [9.17, 15) is 0 Å². The molecule has 0 radical (unpaired) electrons. The number of fused-ring (bicyclic) bond motifs is 2. The molecular weight excluding hydrogens is 204 g/mol. The maximum atomic E-state index is 3.72. The van der Waals surface area contributed by atoms with Gasteiger partial charge in [-0.05, 0) is 39.0 Å². The molecule has 2 nitrogen and oxygen atoms in total. The van der Waals surface area contributed by atoms with Crippen molar-refractivity contribution < 1.29 is 0 Å². The van der Waals surface area contributed by atoms with Crippen LogP contribution in [-0.2, 0) is 0 Å². The molecule has 88 valence electrons. The summed E-state index contributed by atoms with van der Waals surface area (Å²) >= 11 is 1.94. The molecule has 2 bridgehead atoms. The van der Waals surface area contributed by atoms with Crippen LogP contribution in [-0.4, -0.2) is 48.6 Å². The minimum Gasteiger partial charge on any atom is -0.313 e. The molecule has 0 spiro atoms. The summed E-state index contributed by atoms with van der Waals surface area (Å²) < 4.78 is 0. The Morgan fingerprint density at radius 1 is 1.27 bits per heavy atom. The normalized spacial score (nSPS) is 36.8. The van der Waals surface area contributed by atoms with Crippen molar-refractivity contribution in [2.24, 2.45) is 0 Å². The van der Waals surface area contributed by atoms with E-state index >= 15 is 0 Å². The van der Waals surface area contributed by atoms with Crippen LogP contribution in [0.1, 0.15) is 32.1 Å². The van der Waals surface area contributed by atoms with Crippen LogP contribution in [0.2, 0.25) is 0 Å². The van der Waals surface area contributed by atoms with Crippen LogP contribution in [0.25, 0.3) is 0 Å². The van der Waals surface area contributed by atoms with Crippen molar-refractivity contribution in [3.8, 4) is 0 Å². The molecule has 2 saturated heterocycles. The first-order valence-corrected chi connectivity index (χ1v) is 7.65. The highest BCUT2D eigenvalue weighted by molar-refractivity contribution is 7.98. The van der Waals surface area contributed by atoms with Crippen LogP contribution in [0.15, 0.2) is 0 Å². The average molecular weight is 228 g/mol. The van der Waals surface area contributed by atoms with Crippen LogP contribution >= 0.6 is 11.8 Å². The Bertz CT molecular complexity index is 184. The van der Waals surface area contributed by atoms with Crippen LogP contribution in [0.4, 0.5) is 0 Å². The summed E-state index contributed by atoms with van der Waals surface area (Å²) in [6, 6.07) is 2.53. The lowest BCUT2D eigenvalue weighted by atomic mass is 9.82. The fourth-order valence-electron chi connectivity index (χ4n) is 3.15. The van der Waals surface area contributed by atoms with E-state index in [0.29, 0.717) is 0 Å².